The van der Waals surface area contributed by atoms with Gasteiger partial charge in [0.05, 0.1) is 12.7 Å². The molecule has 5 nitrogen and oxygen atoms in total. The molecule has 1 saturated carbocycles. The van der Waals surface area contributed by atoms with Crippen LogP contribution in [0.5, 0.6) is 0 Å². The summed E-state index contributed by atoms with van der Waals surface area (Å²) >= 11 is 0. The van der Waals surface area contributed by atoms with Crippen LogP contribution >= 0.6 is 0 Å². The molecule has 0 aromatic rings. The number of sulfone groups is 1. The van der Waals surface area contributed by atoms with E-state index in [9.17, 15) is 13.2 Å². The monoisotopic (exact) mass is 289 g/mol. The van der Waals surface area contributed by atoms with Gasteiger partial charge in [0.25, 0.3) is 0 Å². The number of rotatable bonds is 2. The molecule has 2 fully saturated rings. The van der Waals surface area contributed by atoms with Crippen molar-refractivity contribution >= 4 is 15.7 Å². The van der Waals surface area contributed by atoms with Crippen molar-refractivity contribution in [2.45, 2.75) is 44.5 Å². The molecule has 1 saturated heterocycles. The first-order chi connectivity index (χ1) is 8.58. The Hall–Kier alpha value is -0.620. The minimum atomic E-state index is -3.32. The van der Waals surface area contributed by atoms with E-state index in [0.717, 1.165) is 0 Å². The fraction of sp³-hybridized carbons (Fsp3) is 0.923. The molecule has 0 aromatic heterocycles. The first-order valence-electron chi connectivity index (χ1n) is 6.68. The molecule has 1 aliphatic heterocycles. The highest BCUT2D eigenvalue weighted by molar-refractivity contribution is 7.93. The Morgan fingerprint density at radius 1 is 1.32 bits per heavy atom. The summed E-state index contributed by atoms with van der Waals surface area (Å²) in [7, 11) is -3.32. The number of morpholine rings is 1. The van der Waals surface area contributed by atoms with Gasteiger partial charge in [0.15, 0.2) is 14.6 Å². The van der Waals surface area contributed by atoms with Gasteiger partial charge in [0.1, 0.15) is 0 Å². The van der Waals surface area contributed by atoms with Crippen LogP contribution in [0.1, 0.15) is 33.6 Å². The molecule has 2 aliphatic rings. The fourth-order valence-electron chi connectivity index (χ4n) is 2.50. The summed E-state index contributed by atoms with van der Waals surface area (Å²) < 4.78 is 28.2. The van der Waals surface area contributed by atoms with E-state index in [1.807, 2.05) is 0 Å². The Kier molecular flexibility index (Phi) is 3.46. The summed E-state index contributed by atoms with van der Waals surface area (Å²) in [6, 6.07) is 0. The van der Waals surface area contributed by atoms with Gasteiger partial charge in [-0.1, -0.05) is 20.8 Å². The number of carbonyl (C=O) groups is 1. The lowest BCUT2D eigenvalue weighted by molar-refractivity contribution is -0.143. The van der Waals surface area contributed by atoms with Gasteiger partial charge in [0.2, 0.25) is 5.91 Å². The van der Waals surface area contributed by atoms with Gasteiger partial charge in [-0.2, -0.15) is 0 Å². The number of amides is 1. The van der Waals surface area contributed by atoms with E-state index in [1.165, 1.54) is 6.26 Å². The number of hydrogen-bond donors (Lipinski definition) is 0. The standard InChI is InChI=1S/C13H23NO4S/c1-12(2,3)10-9-14(7-8-18-10)11(15)13(5-6-13)19(4,16)17/h10H,5-9H2,1-4H3. The van der Waals surface area contributed by atoms with Crippen LogP contribution in [0, 0.1) is 5.41 Å². The number of ether oxygens (including phenoxy) is 1. The van der Waals surface area contributed by atoms with Crippen LogP contribution in [-0.2, 0) is 19.4 Å². The van der Waals surface area contributed by atoms with Crippen molar-refractivity contribution in [1.29, 1.82) is 0 Å². The Labute approximate surface area is 115 Å². The molecular weight excluding hydrogens is 266 g/mol. The third-order valence-electron chi connectivity index (χ3n) is 4.12. The first-order valence-corrected chi connectivity index (χ1v) is 8.58. The molecule has 0 aromatic carbocycles. The predicted octanol–water partition coefficient (Wildman–Crippen LogP) is 0.837. The molecule has 1 heterocycles. The molecule has 1 atom stereocenters. The van der Waals surface area contributed by atoms with Crippen molar-refractivity contribution in [3.63, 3.8) is 0 Å². The predicted molar refractivity (Wildman–Crippen MR) is 72.6 cm³/mol. The normalized spacial score (nSPS) is 27.2. The fourth-order valence-corrected chi connectivity index (χ4v) is 3.79. The van der Waals surface area contributed by atoms with Crippen LogP contribution in [-0.4, -0.2) is 56.0 Å². The molecule has 0 bridgehead atoms. The van der Waals surface area contributed by atoms with E-state index in [0.29, 0.717) is 32.5 Å². The van der Waals surface area contributed by atoms with Crippen LogP contribution in [0.25, 0.3) is 0 Å². The summed E-state index contributed by atoms with van der Waals surface area (Å²) in [5.74, 6) is -0.229. The highest BCUT2D eigenvalue weighted by atomic mass is 32.2. The minimum absolute atomic E-state index is 0.0411. The second-order valence-electron chi connectivity index (χ2n) is 6.74. The van der Waals surface area contributed by atoms with Crippen LogP contribution in [0.15, 0.2) is 0 Å². The molecule has 0 N–H and O–H groups in total. The zero-order chi connectivity index (χ0) is 14.5. The molecular formula is C13H23NO4S. The van der Waals surface area contributed by atoms with Crippen LogP contribution in [0.3, 0.4) is 0 Å². The molecule has 1 amide bonds. The first kappa shape index (κ1) is 14.8. The summed E-state index contributed by atoms with van der Waals surface area (Å²) in [6.07, 6.45) is 2.05. The number of nitrogens with zero attached hydrogens (tertiary/aromatic N) is 1. The lowest BCUT2D eigenvalue weighted by Crippen LogP contribution is -2.54. The van der Waals surface area contributed by atoms with E-state index in [1.54, 1.807) is 4.90 Å². The van der Waals surface area contributed by atoms with Crippen molar-refractivity contribution in [3.8, 4) is 0 Å². The Morgan fingerprint density at radius 2 is 1.89 bits per heavy atom. The van der Waals surface area contributed by atoms with Crippen LogP contribution in [0.2, 0.25) is 0 Å². The number of carbonyl (C=O) groups excluding carboxylic acids is 1. The van der Waals surface area contributed by atoms with Gasteiger partial charge >= 0.3 is 0 Å². The molecule has 110 valence electrons. The second kappa shape index (κ2) is 4.45. The molecule has 6 heteroatoms. The van der Waals surface area contributed by atoms with Crippen molar-refractivity contribution in [2.24, 2.45) is 5.41 Å². The summed E-state index contributed by atoms with van der Waals surface area (Å²) in [5, 5.41) is 0. The lowest BCUT2D eigenvalue weighted by atomic mass is 9.88. The number of hydrogen-bond acceptors (Lipinski definition) is 4. The maximum atomic E-state index is 12.5. The largest absolute Gasteiger partial charge is 0.374 e. The molecule has 2 rings (SSSR count). The quantitative estimate of drug-likeness (QED) is 0.755. The molecule has 19 heavy (non-hydrogen) atoms. The van der Waals surface area contributed by atoms with E-state index >= 15 is 0 Å². The summed E-state index contributed by atoms with van der Waals surface area (Å²) in [4.78, 5) is 14.2. The van der Waals surface area contributed by atoms with E-state index in [-0.39, 0.29) is 17.4 Å². The Morgan fingerprint density at radius 3 is 2.32 bits per heavy atom. The summed E-state index contributed by atoms with van der Waals surface area (Å²) in [5.41, 5.74) is -0.0548. The average molecular weight is 289 g/mol. The van der Waals surface area contributed by atoms with Gasteiger partial charge in [-0.05, 0) is 18.3 Å². The molecule has 1 aliphatic carbocycles. The zero-order valence-electron chi connectivity index (χ0n) is 12.1. The minimum Gasteiger partial charge on any atom is -0.374 e. The molecule has 0 spiro atoms. The summed E-state index contributed by atoms with van der Waals surface area (Å²) in [6.45, 7) is 7.65. The van der Waals surface area contributed by atoms with E-state index in [4.69, 9.17) is 4.74 Å². The maximum absolute atomic E-state index is 12.5. The highest BCUT2D eigenvalue weighted by Gasteiger charge is 2.60. The average Bonchev–Trinajstić information content (AvgIpc) is 3.07. The Balaban J connectivity index is 2.13. The SMILES string of the molecule is CC(C)(C)C1CN(C(=O)C2(S(C)(=O)=O)CC2)CCO1. The van der Waals surface area contributed by atoms with Crippen molar-refractivity contribution in [2.75, 3.05) is 26.0 Å². The third-order valence-corrected chi connectivity index (χ3v) is 6.13. The van der Waals surface area contributed by atoms with Gasteiger partial charge in [-0.15, -0.1) is 0 Å². The lowest BCUT2D eigenvalue weighted by Gasteiger charge is -2.40. The molecule has 1 unspecified atom stereocenters. The van der Waals surface area contributed by atoms with Gasteiger partial charge in [-0.3, -0.25) is 4.79 Å². The van der Waals surface area contributed by atoms with E-state index < -0.39 is 14.6 Å². The van der Waals surface area contributed by atoms with Gasteiger partial charge < -0.3 is 9.64 Å². The molecule has 0 radical (unpaired) electrons. The van der Waals surface area contributed by atoms with Gasteiger partial charge in [0, 0.05) is 19.3 Å². The van der Waals surface area contributed by atoms with E-state index in [2.05, 4.69) is 20.8 Å². The smallest absolute Gasteiger partial charge is 0.244 e. The maximum Gasteiger partial charge on any atom is 0.244 e. The second-order valence-corrected chi connectivity index (χ2v) is 9.07. The highest BCUT2D eigenvalue weighted by Crippen LogP contribution is 2.45. The van der Waals surface area contributed by atoms with Crippen molar-refractivity contribution in [1.82, 2.24) is 4.90 Å². The third kappa shape index (κ3) is 2.65. The van der Waals surface area contributed by atoms with Crippen molar-refractivity contribution < 1.29 is 17.9 Å². The topological polar surface area (TPSA) is 63.7 Å². The van der Waals surface area contributed by atoms with Crippen molar-refractivity contribution in [3.05, 3.63) is 0 Å². The van der Waals surface area contributed by atoms with Crippen LogP contribution in [0.4, 0.5) is 0 Å². The Bertz CT molecular complexity index is 473. The van der Waals surface area contributed by atoms with Gasteiger partial charge in [-0.25, -0.2) is 8.42 Å². The zero-order valence-corrected chi connectivity index (χ0v) is 12.9. The van der Waals surface area contributed by atoms with Crippen LogP contribution < -0.4 is 0 Å².